The van der Waals surface area contributed by atoms with E-state index >= 15 is 0 Å². The summed E-state index contributed by atoms with van der Waals surface area (Å²) in [5.74, 6) is -0.229. The Morgan fingerprint density at radius 1 is 1.24 bits per heavy atom. The number of piperidine rings is 1. The molecule has 6 heteroatoms. The fraction of sp³-hybridized carbons (Fsp3) is 0.455. The van der Waals surface area contributed by atoms with Crippen LogP contribution in [-0.4, -0.2) is 26.8 Å². The van der Waals surface area contributed by atoms with Crippen LogP contribution in [0.1, 0.15) is 17.9 Å². The highest BCUT2D eigenvalue weighted by atomic mass is 32.2. The topological polar surface area (TPSA) is 72.2 Å². The second kappa shape index (κ2) is 4.72. The van der Waals surface area contributed by atoms with Gasteiger partial charge in [-0.3, -0.25) is 0 Å². The van der Waals surface area contributed by atoms with Gasteiger partial charge in [-0.2, -0.15) is 0 Å². The molecule has 0 spiro atoms. The van der Waals surface area contributed by atoms with Crippen LogP contribution in [0.15, 0.2) is 24.3 Å². The van der Waals surface area contributed by atoms with Crippen molar-refractivity contribution in [3.63, 3.8) is 0 Å². The van der Waals surface area contributed by atoms with E-state index in [4.69, 9.17) is 5.14 Å². The summed E-state index contributed by atoms with van der Waals surface area (Å²) in [6.45, 7) is 1.08. The molecule has 1 fully saturated rings. The van der Waals surface area contributed by atoms with E-state index < -0.39 is 15.3 Å². The molecule has 0 bridgehead atoms. The van der Waals surface area contributed by atoms with Gasteiger partial charge in [-0.1, -0.05) is 12.1 Å². The van der Waals surface area contributed by atoms with E-state index in [-0.39, 0.29) is 11.7 Å². The zero-order valence-corrected chi connectivity index (χ0v) is 10.1. The van der Waals surface area contributed by atoms with Gasteiger partial charge in [0.25, 0.3) is 0 Å². The Hall–Kier alpha value is -0.980. The Morgan fingerprint density at radius 3 is 2.47 bits per heavy atom. The van der Waals surface area contributed by atoms with Gasteiger partial charge in [0.05, 0.1) is 5.25 Å². The van der Waals surface area contributed by atoms with E-state index in [1.807, 2.05) is 0 Å². The molecule has 3 N–H and O–H groups in total. The van der Waals surface area contributed by atoms with E-state index in [1.165, 1.54) is 12.1 Å². The molecule has 1 aliphatic rings. The molecule has 2 atom stereocenters. The van der Waals surface area contributed by atoms with Crippen molar-refractivity contribution in [2.75, 3.05) is 13.1 Å². The summed E-state index contributed by atoms with van der Waals surface area (Å²) in [4.78, 5) is 0. The lowest BCUT2D eigenvalue weighted by atomic mass is 9.91. The fourth-order valence-corrected chi connectivity index (χ4v) is 2.99. The smallest absolute Gasteiger partial charge is 0.213 e. The molecule has 0 amide bonds. The molecular weight excluding hydrogens is 243 g/mol. The number of primary sulfonamides is 1. The van der Waals surface area contributed by atoms with Crippen molar-refractivity contribution in [3.05, 3.63) is 35.6 Å². The van der Waals surface area contributed by atoms with Gasteiger partial charge in [-0.25, -0.2) is 17.9 Å². The van der Waals surface area contributed by atoms with Gasteiger partial charge in [0.2, 0.25) is 10.0 Å². The Kier molecular flexibility index (Phi) is 3.46. The minimum Gasteiger partial charge on any atom is -0.315 e. The predicted molar refractivity (Wildman–Crippen MR) is 63.5 cm³/mol. The van der Waals surface area contributed by atoms with Crippen molar-refractivity contribution >= 4 is 10.0 Å². The van der Waals surface area contributed by atoms with E-state index in [0.29, 0.717) is 19.5 Å². The highest BCUT2D eigenvalue weighted by Crippen LogP contribution is 2.25. The Morgan fingerprint density at radius 2 is 1.88 bits per heavy atom. The quantitative estimate of drug-likeness (QED) is 0.814. The number of halogens is 1. The standard InChI is InChI=1S/C11H15FN2O2S/c12-10-3-1-8(2-4-10)9-5-11(7-14-6-9)17(13,15)16/h1-4,9,11,14H,5-7H2,(H2,13,15,16)/t9-,11-/m1/s1. The van der Waals surface area contributed by atoms with Gasteiger partial charge in [0.15, 0.2) is 0 Å². The number of nitrogens with one attached hydrogen (secondary N) is 1. The SMILES string of the molecule is NS(=O)(=O)[C@H]1CNC[C@H](c2ccc(F)cc2)C1. The van der Waals surface area contributed by atoms with Crippen LogP contribution in [0.2, 0.25) is 0 Å². The van der Waals surface area contributed by atoms with Crippen LogP contribution in [0.4, 0.5) is 4.39 Å². The van der Waals surface area contributed by atoms with Crippen molar-refractivity contribution in [1.29, 1.82) is 0 Å². The minimum absolute atomic E-state index is 0.0627. The first kappa shape index (κ1) is 12.5. The maximum atomic E-state index is 12.8. The molecule has 0 aromatic heterocycles. The molecule has 0 aliphatic carbocycles. The maximum Gasteiger partial charge on any atom is 0.213 e. The lowest BCUT2D eigenvalue weighted by Crippen LogP contribution is -2.45. The molecular formula is C11H15FN2O2S. The first-order valence-electron chi connectivity index (χ1n) is 5.44. The van der Waals surface area contributed by atoms with Crippen LogP contribution in [0, 0.1) is 5.82 Å². The monoisotopic (exact) mass is 258 g/mol. The third-order valence-electron chi connectivity index (χ3n) is 3.12. The zero-order chi connectivity index (χ0) is 12.5. The molecule has 94 valence electrons. The second-order valence-corrected chi connectivity index (χ2v) is 6.20. The average Bonchev–Trinajstić information content (AvgIpc) is 2.29. The lowest BCUT2D eigenvalue weighted by molar-refractivity contribution is 0.451. The summed E-state index contributed by atoms with van der Waals surface area (Å²) in [5, 5.41) is 7.63. The molecule has 0 unspecified atom stereocenters. The number of sulfonamides is 1. The number of hydrogen-bond acceptors (Lipinski definition) is 3. The normalized spacial score (nSPS) is 25.8. The van der Waals surface area contributed by atoms with Crippen LogP contribution in [0.25, 0.3) is 0 Å². The number of nitrogens with two attached hydrogens (primary N) is 1. The summed E-state index contributed by atoms with van der Waals surface area (Å²) < 4.78 is 35.4. The van der Waals surface area contributed by atoms with E-state index in [2.05, 4.69) is 5.32 Å². The van der Waals surface area contributed by atoms with Gasteiger partial charge in [-0.15, -0.1) is 0 Å². The van der Waals surface area contributed by atoms with Crippen molar-refractivity contribution in [1.82, 2.24) is 5.32 Å². The summed E-state index contributed by atoms with van der Waals surface area (Å²) in [6, 6.07) is 6.15. The molecule has 4 nitrogen and oxygen atoms in total. The van der Waals surface area contributed by atoms with Crippen molar-refractivity contribution in [2.24, 2.45) is 5.14 Å². The number of hydrogen-bond donors (Lipinski definition) is 2. The van der Waals surface area contributed by atoms with Gasteiger partial charge < -0.3 is 5.32 Å². The average molecular weight is 258 g/mol. The molecule has 1 aromatic carbocycles. The Labute approximate surface area is 100 Å². The van der Waals surface area contributed by atoms with Gasteiger partial charge in [0.1, 0.15) is 5.82 Å². The van der Waals surface area contributed by atoms with E-state index in [9.17, 15) is 12.8 Å². The highest BCUT2D eigenvalue weighted by Gasteiger charge is 2.29. The lowest BCUT2D eigenvalue weighted by Gasteiger charge is -2.28. The van der Waals surface area contributed by atoms with Crippen molar-refractivity contribution in [3.8, 4) is 0 Å². The maximum absolute atomic E-state index is 12.8. The molecule has 1 aromatic rings. The van der Waals surface area contributed by atoms with Crippen LogP contribution >= 0.6 is 0 Å². The Bertz CT molecular complexity index is 487. The second-order valence-electron chi connectivity index (χ2n) is 4.35. The molecule has 2 rings (SSSR count). The molecule has 1 heterocycles. The van der Waals surface area contributed by atoms with Gasteiger partial charge >= 0.3 is 0 Å². The summed E-state index contributed by atoms with van der Waals surface area (Å²) in [6.07, 6.45) is 0.484. The minimum atomic E-state index is -3.51. The predicted octanol–water partition coefficient (Wildman–Crippen LogP) is 0.560. The van der Waals surface area contributed by atoms with Crippen LogP contribution in [0.3, 0.4) is 0 Å². The van der Waals surface area contributed by atoms with Crippen LogP contribution in [-0.2, 0) is 10.0 Å². The first-order valence-corrected chi connectivity index (χ1v) is 7.05. The van der Waals surface area contributed by atoms with Gasteiger partial charge in [-0.05, 0) is 30.0 Å². The van der Waals surface area contributed by atoms with Crippen LogP contribution < -0.4 is 10.5 Å². The fourth-order valence-electron chi connectivity index (χ4n) is 2.14. The van der Waals surface area contributed by atoms with Crippen LogP contribution in [0.5, 0.6) is 0 Å². The van der Waals surface area contributed by atoms with Crippen molar-refractivity contribution < 1.29 is 12.8 Å². The third kappa shape index (κ3) is 3.02. The summed E-state index contributed by atoms with van der Waals surface area (Å²) >= 11 is 0. The molecule has 0 radical (unpaired) electrons. The van der Waals surface area contributed by atoms with Crippen molar-refractivity contribution in [2.45, 2.75) is 17.6 Å². The molecule has 17 heavy (non-hydrogen) atoms. The first-order chi connectivity index (χ1) is 7.97. The zero-order valence-electron chi connectivity index (χ0n) is 9.27. The Balaban J connectivity index is 2.15. The van der Waals surface area contributed by atoms with Gasteiger partial charge in [0, 0.05) is 13.1 Å². The highest BCUT2D eigenvalue weighted by molar-refractivity contribution is 7.89. The summed E-state index contributed by atoms with van der Waals surface area (Å²) in [5.41, 5.74) is 0.937. The molecule has 1 aliphatic heterocycles. The van der Waals surface area contributed by atoms with E-state index in [1.54, 1.807) is 12.1 Å². The molecule has 0 saturated carbocycles. The number of benzene rings is 1. The molecule has 1 saturated heterocycles. The van der Waals surface area contributed by atoms with E-state index in [0.717, 1.165) is 5.56 Å². The number of rotatable bonds is 2. The largest absolute Gasteiger partial charge is 0.315 e. The summed E-state index contributed by atoms with van der Waals surface area (Å²) in [7, 11) is -3.51. The third-order valence-corrected chi connectivity index (χ3v) is 4.40.